The molecule has 2 aliphatic rings. The van der Waals surface area contributed by atoms with Crippen LogP contribution in [0.3, 0.4) is 0 Å². The largest absolute Gasteiger partial charge is 0.496 e. The summed E-state index contributed by atoms with van der Waals surface area (Å²) in [5.74, 6) is -0.639. The summed E-state index contributed by atoms with van der Waals surface area (Å²) >= 11 is 0. The van der Waals surface area contributed by atoms with Gasteiger partial charge in [-0.3, -0.25) is 4.79 Å². The van der Waals surface area contributed by atoms with Crippen molar-refractivity contribution in [2.75, 3.05) is 7.11 Å². The molecule has 164 valence electrons. The Morgan fingerprint density at radius 2 is 1.97 bits per heavy atom. The summed E-state index contributed by atoms with van der Waals surface area (Å²) < 4.78 is 67.1. The number of amides is 1. The fourth-order valence-corrected chi connectivity index (χ4v) is 4.72. The maximum Gasteiger partial charge on any atom is 0.416 e. The van der Waals surface area contributed by atoms with E-state index < -0.39 is 27.7 Å². The highest BCUT2D eigenvalue weighted by Gasteiger charge is 2.61. The van der Waals surface area contributed by atoms with Crippen LogP contribution in [0.2, 0.25) is 0 Å². The first kappa shape index (κ1) is 22.4. The summed E-state index contributed by atoms with van der Waals surface area (Å²) in [6, 6.07) is 2.47. The smallest absolute Gasteiger partial charge is 0.416 e. The average Bonchev–Trinajstić information content (AvgIpc) is 3.19. The molecule has 1 aromatic carbocycles. The Hall–Kier alpha value is -2.33. The van der Waals surface area contributed by atoms with Gasteiger partial charge in [0, 0.05) is 6.04 Å². The van der Waals surface area contributed by atoms with E-state index in [-0.39, 0.29) is 39.5 Å². The lowest BCUT2D eigenvalue weighted by molar-refractivity contribution is -0.137. The monoisotopic (exact) mass is 444 g/mol. The van der Waals surface area contributed by atoms with E-state index in [1.165, 1.54) is 13.2 Å². The topological polar surface area (TPSA) is 98.5 Å². The second-order valence-electron chi connectivity index (χ2n) is 8.12. The van der Waals surface area contributed by atoms with Crippen molar-refractivity contribution in [3.8, 4) is 5.75 Å². The van der Waals surface area contributed by atoms with Gasteiger partial charge in [0.1, 0.15) is 5.75 Å². The quantitative estimate of drug-likeness (QED) is 0.729. The van der Waals surface area contributed by atoms with Gasteiger partial charge < -0.3 is 10.1 Å². The molecule has 0 aliphatic heterocycles. The van der Waals surface area contributed by atoms with Crippen molar-refractivity contribution in [1.82, 2.24) is 5.32 Å². The highest BCUT2D eigenvalue weighted by Crippen LogP contribution is 2.57. The first-order chi connectivity index (χ1) is 13.8. The summed E-state index contributed by atoms with van der Waals surface area (Å²) in [5.41, 5.74) is -1.44. The molecule has 1 aromatic rings. The molecule has 3 rings (SSSR count). The number of alkyl halides is 3. The zero-order chi connectivity index (χ0) is 22.5. The predicted molar refractivity (Wildman–Crippen MR) is 105 cm³/mol. The number of allylic oxidation sites excluding steroid dienone is 3. The second kappa shape index (κ2) is 7.42. The molecule has 0 spiro atoms. The van der Waals surface area contributed by atoms with Crippen molar-refractivity contribution in [1.29, 1.82) is 0 Å². The molecular weight excluding hydrogens is 421 g/mol. The van der Waals surface area contributed by atoms with Gasteiger partial charge in [-0.05, 0) is 47.9 Å². The Balaban J connectivity index is 1.77. The van der Waals surface area contributed by atoms with E-state index in [2.05, 4.69) is 5.32 Å². The second-order valence-corrected chi connectivity index (χ2v) is 9.68. The number of hydrogen-bond donors (Lipinski definition) is 2. The molecule has 0 radical (unpaired) electrons. The molecule has 1 amide bonds. The van der Waals surface area contributed by atoms with Crippen LogP contribution in [0, 0.1) is 17.3 Å². The van der Waals surface area contributed by atoms with Crippen LogP contribution in [-0.2, 0) is 16.2 Å². The lowest BCUT2D eigenvalue weighted by Gasteiger charge is -2.17. The van der Waals surface area contributed by atoms with E-state index in [9.17, 15) is 26.4 Å². The van der Waals surface area contributed by atoms with E-state index in [4.69, 9.17) is 9.88 Å². The third kappa shape index (κ3) is 4.24. The number of ether oxygens (including phenoxy) is 1. The van der Waals surface area contributed by atoms with Gasteiger partial charge in [-0.25, -0.2) is 13.6 Å². The Kier molecular flexibility index (Phi) is 5.53. The first-order valence-electron chi connectivity index (χ1n) is 9.24. The van der Waals surface area contributed by atoms with E-state index in [0.717, 1.165) is 18.2 Å². The number of primary sulfonamides is 1. The molecule has 3 N–H and O–H groups in total. The summed E-state index contributed by atoms with van der Waals surface area (Å²) in [4.78, 5) is 12.8. The number of rotatable bonds is 5. The molecule has 3 atom stereocenters. The SMILES string of the molecule is COc1ccc(C(F)(F)F)cc1C(=O)N[C@H]1[C@H](C2C=CC(S(N)(=O)=O)=CC2)C1(C)C. The minimum Gasteiger partial charge on any atom is -0.496 e. The van der Waals surface area contributed by atoms with Crippen LogP contribution >= 0.6 is 0 Å². The summed E-state index contributed by atoms with van der Waals surface area (Å²) in [6.07, 6.45) is 0.609. The van der Waals surface area contributed by atoms with Gasteiger partial charge in [-0.15, -0.1) is 0 Å². The lowest BCUT2D eigenvalue weighted by atomic mass is 9.91. The van der Waals surface area contributed by atoms with Gasteiger partial charge in [-0.2, -0.15) is 13.2 Å². The van der Waals surface area contributed by atoms with E-state index in [1.54, 1.807) is 12.2 Å². The highest BCUT2D eigenvalue weighted by atomic mass is 32.2. The molecule has 0 aromatic heterocycles. The fraction of sp³-hybridized carbons (Fsp3) is 0.450. The van der Waals surface area contributed by atoms with Gasteiger partial charge in [0.25, 0.3) is 5.91 Å². The van der Waals surface area contributed by atoms with Crippen LogP contribution in [0.25, 0.3) is 0 Å². The number of carbonyl (C=O) groups excluding carboxylic acids is 1. The van der Waals surface area contributed by atoms with Gasteiger partial charge in [0.15, 0.2) is 0 Å². The third-order valence-electron chi connectivity index (χ3n) is 5.86. The Labute approximate surface area is 173 Å². The van der Waals surface area contributed by atoms with Crippen molar-refractivity contribution < 1.29 is 31.1 Å². The molecule has 1 fully saturated rings. The van der Waals surface area contributed by atoms with Gasteiger partial charge >= 0.3 is 6.18 Å². The normalized spacial score (nSPS) is 25.4. The predicted octanol–water partition coefficient (Wildman–Crippen LogP) is 3.22. The van der Waals surface area contributed by atoms with Crippen molar-refractivity contribution in [2.24, 2.45) is 22.4 Å². The summed E-state index contributed by atoms with van der Waals surface area (Å²) in [6.45, 7) is 3.89. The molecule has 1 unspecified atom stereocenters. The lowest BCUT2D eigenvalue weighted by Crippen LogP contribution is -2.30. The molecule has 2 aliphatic carbocycles. The van der Waals surface area contributed by atoms with Gasteiger partial charge in [0.2, 0.25) is 10.0 Å². The van der Waals surface area contributed by atoms with Gasteiger partial charge in [-0.1, -0.05) is 26.0 Å². The maximum absolute atomic E-state index is 13.0. The number of sulfonamides is 1. The summed E-state index contributed by atoms with van der Waals surface area (Å²) in [5, 5.41) is 7.95. The maximum atomic E-state index is 13.0. The number of nitrogens with two attached hydrogens (primary N) is 1. The Bertz CT molecular complexity index is 1030. The molecule has 0 saturated heterocycles. The average molecular weight is 444 g/mol. The number of halogens is 3. The van der Waals surface area contributed by atoms with Crippen molar-refractivity contribution in [2.45, 2.75) is 32.5 Å². The minimum absolute atomic E-state index is 0.00669. The number of benzene rings is 1. The van der Waals surface area contributed by atoms with E-state index >= 15 is 0 Å². The zero-order valence-corrected chi connectivity index (χ0v) is 17.5. The first-order valence-corrected chi connectivity index (χ1v) is 10.8. The molecule has 0 heterocycles. The van der Waals surface area contributed by atoms with Crippen LogP contribution in [0.1, 0.15) is 36.2 Å². The van der Waals surface area contributed by atoms with Crippen molar-refractivity contribution in [3.63, 3.8) is 0 Å². The fourth-order valence-electron chi connectivity index (χ4n) is 4.13. The Morgan fingerprint density at radius 3 is 2.47 bits per heavy atom. The van der Waals surface area contributed by atoms with Crippen molar-refractivity contribution in [3.05, 3.63) is 52.5 Å². The zero-order valence-electron chi connectivity index (χ0n) is 16.7. The molecule has 0 bridgehead atoms. The highest BCUT2D eigenvalue weighted by molar-refractivity contribution is 7.93. The molecule has 10 heteroatoms. The number of methoxy groups -OCH3 is 1. The third-order valence-corrected chi connectivity index (χ3v) is 6.82. The molecule has 30 heavy (non-hydrogen) atoms. The minimum atomic E-state index is -4.58. The van der Waals surface area contributed by atoms with Gasteiger partial charge in [0.05, 0.1) is 23.1 Å². The van der Waals surface area contributed by atoms with Crippen LogP contribution in [0.15, 0.2) is 41.3 Å². The molecule has 6 nitrogen and oxygen atoms in total. The Morgan fingerprint density at radius 1 is 1.30 bits per heavy atom. The summed E-state index contributed by atoms with van der Waals surface area (Å²) in [7, 11) is -2.49. The standard InChI is InChI=1S/C20H23F3N2O4S/c1-19(2)16(11-4-7-13(8-5-11)30(24,27)28)17(19)25-18(26)14-10-12(20(21,22)23)6-9-15(14)29-3/h4,6-11,16-17H,5H2,1-3H3,(H,25,26)(H2,24,27,28)/t11?,16-,17-/m0/s1. The van der Waals surface area contributed by atoms with Crippen molar-refractivity contribution >= 4 is 15.9 Å². The van der Waals surface area contributed by atoms with Crippen LogP contribution in [0.4, 0.5) is 13.2 Å². The molecular formula is C20H23F3N2O4S. The molecule has 1 saturated carbocycles. The number of nitrogens with one attached hydrogen (secondary N) is 1. The van der Waals surface area contributed by atoms with Crippen LogP contribution < -0.4 is 15.2 Å². The number of hydrogen-bond acceptors (Lipinski definition) is 4. The number of carbonyl (C=O) groups is 1. The van der Waals surface area contributed by atoms with Crippen LogP contribution in [-0.4, -0.2) is 27.5 Å². The van der Waals surface area contributed by atoms with Crippen LogP contribution in [0.5, 0.6) is 5.75 Å². The van der Waals surface area contributed by atoms with E-state index in [0.29, 0.717) is 6.42 Å². The van der Waals surface area contributed by atoms with E-state index in [1.807, 2.05) is 13.8 Å².